The van der Waals surface area contributed by atoms with Crippen LogP contribution in [0.4, 0.5) is 0 Å². The zero-order chi connectivity index (χ0) is 24.0. The van der Waals surface area contributed by atoms with E-state index >= 15 is 0 Å². The molecule has 3 aromatic carbocycles. The van der Waals surface area contributed by atoms with Crippen LogP contribution in [0.2, 0.25) is 0 Å². The number of rotatable bonds is 6. The molecule has 0 saturated heterocycles. The van der Waals surface area contributed by atoms with Crippen LogP contribution in [0, 0.1) is 6.92 Å². The van der Waals surface area contributed by atoms with Gasteiger partial charge in [-0.1, -0.05) is 54.1 Å². The fourth-order valence-electron chi connectivity index (χ4n) is 4.09. The maximum Gasteiger partial charge on any atom is 0.294 e. The summed E-state index contributed by atoms with van der Waals surface area (Å²) in [6, 6.07) is 23.3. The Balaban J connectivity index is 0.000000210. The Morgan fingerprint density at radius 2 is 1.65 bits per heavy atom. The minimum atomic E-state index is -4.02. The van der Waals surface area contributed by atoms with Gasteiger partial charge in [0.15, 0.2) is 0 Å². The molecule has 5 rings (SSSR count). The molecule has 34 heavy (non-hydrogen) atoms. The van der Waals surface area contributed by atoms with Gasteiger partial charge in [0.05, 0.1) is 20.1 Å². The van der Waals surface area contributed by atoms with E-state index in [0.29, 0.717) is 0 Å². The second kappa shape index (κ2) is 11.2. The van der Waals surface area contributed by atoms with Gasteiger partial charge in [0.1, 0.15) is 0 Å². The van der Waals surface area contributed by atoms with Gasteiger partial charge >= 0.3 is 0 Å². The molecule has 178 valence electrons. The first-order valence-corrected chi connectivity index (χ1v) is 13.8. The normalized spacial score (nSPS) is 13.8. The molecular weight excluding hydrogens is 464 g/mol. The number of fused-ring (bicyclic) bond motifs is 2. The van der Waals surface area contributed by atoms with Crippen molar-refractivity contribution < 1.29 is 13.0 Å². The fraction of sp³-hybridized carbons (Fsp3) is 0.296. The topological polar surface area (TPSA) is 70.5 Å². The number of para-hydroxylation sites is 1. The molecule has 1 aromatic heterocycles. The Kier molecular flexibility index (Phi) is 8.11. The monoisotopic (exact) mass is 494 g/mol. The minimum absolute atomic E-state index is 0.0666. The molecule has 0 spiro atoms. The lowest BCUT2D eigenvalue weighted by Crippen LogP contribution is -2.31. The molecular formula is C27H30N2O3S2. The lowest BCUT2D eigenvalue weighted by atomic mass is 10.00. The minimum Gasteiger partial charge on any atom is -0.299 e. The zero-order valence-corrected chi connectivity index (χ0v) is 21.0. The van der Waals surface area contributed by atoms with E-state index in [2.05, 4.69) is 53.4 Å². The highest BCUT2D eigenvalue weighted by atomic mass is 32.2. The molecule has 5 nitrogen and oxygen atoms in total. The Morgan fingerprint density at radius 3 is 2.38 bits per heavy atom. The van der Waals surface area contributed by atoms with E-state index < -0.39 is 10.1 Å². The number of unbranched alkanes of at least 4 members (excludes halogenated alkanes) is 1. The number of aryl methyl sites for hydroxylation is 2. The molecule has 0 unspecified atom stereocenters. The van der Waals surface area contributed by atoms with E-state index in [1.54, 1.807) is 17.7 Å². The highest BCUT2D eigenvalue weighted by Gasteiger charge is 2.15. The summed E-state index contributed by atoms with van der Waals surface area (Å²) < 4.78 is 30.9. The lowest BCUT2D eigenvalue weighted by molar-refractivity contribution is 0.249. The van der Waals surface area contributed by atoms with Crippen molar-refractivity contribution in [2.45, 2.75) is 44.0 Å². The van der Waals surface area contributed by atoms with Gasteiger partial charge in [-0.15, -0.1) is 11.3 Å². The van der Waals surface area contributed by atoms with Crippen molar-refractivity contribution in [3.63, 3.8) is 0 Å². The van der Waals surface area contributed by atoms with E-state index in [-0.39, 0.29) is 4.90 Å². The molecule has 2 heterocycles. The van der Waals surface area contributed by atoms with Crippen LogP contribution >= 0.6 is 11.3 Å². The van der Waals surface area contributed by atoms with E-state index in [4.69, 9.17) is 9.54 Å². The maximum absolute atomic E-state index is 10.5. The largest absolute Gasteiger partial charge is 0.299 e. The highest BCUT2D eigenvalue weighted by molar-refractivity contribution is 7.85. The first-order valence-electron chi connectivity index (χ1n) is 11.6. The summed E-state index contributed by atoms with van der Waals surface area (Å²) in [6.45, 7) is 5.38. The SMILES string of the molecule is Cc1ccc(S(=O)(=O)O)cc1.c1ccc2c(c1)CCN(CCCCc1nc3ccccc3s1)C2. The number of nitrogens with zero attached hydrogens (tertiary/aromatic N) is 2. The van der Waals surface area contributed by atoms with Gasteiger partial charge in [-0.3, -0.25) is 9.45 Å². The van der Waals surface area contributed by atoms with Gasteiger partial charge in [0, 0.05) is 13.1 Å². The van der Waals surface area contributed by atoms with Crippen LogP contribution < -0.4 is 0 Å². The van der Waals surface area contributed by atoms with Crippen LogP contribution in [0.5, 0.6) is 0 Å². The predicted octanol–water partition coefficient (Wildman–Crippen LogP) is 5.92. The van der Waals surface area contributed by atoms with Crippen LogP contribution in [-0.2, 0) is 29.5 Å². The van der Waals surface area contributed by atoms with Crippen LogP contribution in [0.1, 0.15) is 34.5 Å². The number of aromatic nitrogens is 1. The second-order valence-corrected chi connectivity index (χ2v) is 11.2. The molecule has 0 bridgehead atoms. The molecule has 7 heteroatoms. The maximum atomic E-state index is 10.5. The molecule has 1 N–H and O–H groups in total. The first kappa shape index (κ1) is 24.5. The molecule has 0 saturated carbocycles. The van der Waals surface area contributed by atoms with Gasteiger partial charge in [0.25, 0.3) is 10.1 Å². The van der Waals surface area contributed by atoms with E-state index in [1.807, 2.05) is 18.3 Å². The molecule has 0 amide bonds. The van der Waals surface area contributed by atoms with Crippen LogP contribution in [-0.4, -0.2) is 35.9 Å². The average molecular weight is 495 g/mol. The van der Waals surface area contributed by atoms with Crippen LogP contribution in [0.25, 0.3) is 10.2 Å². The Morgan fingerprint density at radius 1 is 0.941 bits per heavy atom. The van der Waals surface area contributed by atoms with Crippen molar-refractivity contribution in [2.75, 3.05) is 13.1 Å². The smallest absolute Gasteiger partial charge is 0.294 e. The third kappa shape index (κ3) is 6.73. The highest BCUT2D eigenvalue weighted by Crippen LogP contribution is 2.23. The summed E-state index contributed by atoms with van der Waals surface area (Å²) in [5.41, 5.74) is 5.17. The van der Waals surface area contributed by atoms with Crippen molar-refractivity contribution in [2.24, 2.45) is 0 Å². The fourth-order valence-corrected chi connectivity index (χ4v) is 5.58. The van der Waals surface area contributed by atoms with E-state index in [1.165, 1.54) is 59.8 Å². The summed E-state index contributed by atoms with van der Waals surface area (Å²) in [6.07, 6.45) is 4.81. The Labute approximate surface area is 205 Å². The van der Waals surface area contributed by atoms with E-state index in [0.717, 1.165) is 24.0 Å². The Bertz CT molecular complexity index is 1300. The average Bonchev–Trinajstić information content (AvgIpc) is 3.25. The summed E-state index contributed by atoms with van der Waals surface area (Å²) in [7, 11) is -4.02. The third-order valence-corrected chi connectivity index (χ3v) is 7.95. The van der Waals surface area contributed by atoms with Crippen LogP contribution in [0.15, 0.2) is 77.7 Å². The van der Waals surface area contributed by atoms with Gasteiger partial charge < -0.3 is 0 Å². The van der Waals surface area contributed by atoms with Gasteiger partial charge in [-0.05, 0) is 74.5 Å². The first-order chi connectivity index (χ1) is 16.4. The molecule has 1 aliphatic rings. The summed E-state index contributed by atoms with van der Waals surface area (Å²) in [5.74, 6) is 0. The quantitative estimate of drug-likeness (QED) is 0.266. The standard InChI is InChI=1S/C20H22N2S.C7H8O3S/c1-2-8-17-15-22(14-12-16(17)7-1)13-6-5-11-20-21-18-9-3-4-10-19(18)23-20;1-6-2-4-7(5-3-6)11(8,9)10/h1-4,7-10H,5-6,11-15H2;2-5H,1H3,(H,8,9,10). The van der Waals surface area contributed by atoms with E-state index in [9.17, 15) is 8.42 Å². The second-order valence-electron chi connectivity index (χ2n) is 8.62. The molecule has 0 aliphatic carbocycles. The molecule has 0 radical (unpaired) electrons. The molecule has 0 fully saturated rings. The summed E-state index contributed by atoms with van der Waals surface area (Å²) in [4.78, 5) is 7.26. The number of thiazole rings is 1. The third-order valence-electron chi connectivity index (χ3n) is 5.98. The summed E-state index contributed by atoms with van der Waals surface area (Å²) in [5, 5.41) is 1.29. The van der Waals surface area contributed by atoms with Crippen molar-refractivity contribution in [3.05, 3.63) is 94.5 Å². The van der Waals surface area contributed by atoms with Crippen LogP contribution in [0.3, 0.4) is 0 Å². The summed E-state index contributed by atoms with van der Waals surface area (Å²) >= 11 is 1.85. The number of benzene rings is 3. The van der Waals surface area contributed by atoms with Crippen molar-refractivity contribution in [1.82, 2.24) is 9.88 Å². The molecule has 4 aromatic rings. The van der Waals surface area contributed by atoms with Crippen molar-refractivity contribution in [3.8, 4) is 0 Å². The van der Waals surface area contributed by atoms with Gasteiger partial charge in [-0.2, -0.15) is 8.42 Å². The van der Waals surface area contributed by atoms with Gasteiger partial charge in [0.2, 0.25) is 0 Å². The predicted molar refractivity (Wildman–Crippen MR) is 139 cm³/mol. The molecule has 0 atom stereocenters. The molecule has 1 aliphatic heterocycles. The van der Waals surface area contributed by atoms with Crippen molar-refractivity contribution in [1.29, 1.82) is 0 Å². The number of hydrogen-bond donors (Lipinski definition) is 1. The lowest BCUT2D eigenvalue weighted by Gasteiger charge is -2.28. The Hall–Kier alpha value is -2.58. The number of hydrogen-bond acceptors (Lipinski definition) is 5. The van der Waals surface area contributed by atoms with Crippen molar-refractivity contribution >= 4 is 31.7 Å². The van der Waals surface area contributed by atoms with Gasteiger partial charge in [-0.25, -0.2) is 4.98 Å². The zero-order valence-electron chi connectivity index (χ0n) is 19.4.